The molecule has 0 bridgehead atoms. The first-order valence-electron chi connectivity index (χ1n) is 7.38. The van der Waals surface area contributed by atoms with Crippen LogP contribution in [0.1, 0.15) is 15.2 Å². The maximum Gasteiger partial charge on any atom is 0.267 e. The van der Waals surface area contributed by atoms with Crippen molar-refractivity contribution in [1.82, 2.24) is 10.2 Å². The van der Waals surface area contributed by atoms with Gasteiger partial charge in [0.05, 0.1) is 10.6 Å². The lowest BCUT2D eigenvalue weighted by Gasteiger charge is -2.03. The summed E-state index contributed by atoms with van der Waals surface area (Å²) in [7, 11) is 0. The molecule has 1 aromatic carbocycles. The Bertz CT molecular complexity index is 924. The second-order valence-electron chi connectivity index (χ2n) is 5.16. The molecule has 0 unspecified atom stereocenters. The van der Waals surface area contributed by atoms with Crippen LogP contribution >= 0.6 is 34.4 Å². The molecule has 2 aromatic heterocycles. The van der Waals surface area contributed by atoms with Crippen LogP contribution in [0, 0.1) is 12.7 Å². The highest BCUT2D eigenvalue weighted by Gasteiger charge is 2.13. The summed E-state index contributed by atoms with van der Waals surface area (Å²) in [5.74, 6) is -0.704. The SMILES string of the molecule is Cc1csc(C(=O)Nc2nnc(SCC(=O)Nc3ccc(F)cc3)s2)c1. The van der Waals surface area contributed by atoms with Crippen molar-refractivity contribution in [3.63, 3.8) is 0 Å². The predicted molar refractivity (Wildman–Crippen MR) is 103 cm³/mol. The van der Waals surface area contributed by atoms with E-state index in [-0.39, 0.29) is 23.4 Å². The number of thioether (sulfide) groups is 1. The maximum absolute atomic E-state index is 12.8. The van der Waals surface area contributed by atoms with E-state index < -0.39 is 0 Å². The molecule has 26 heavy (non-hydrogen) atoms. The predicted octanol–water partition coefficient (Wildman–Crippen LogP) is 4.03. The van der Waals surface area contributed by atoms with E-state index in [2.05, 4.69) is 20.8 Å². The lowest BCUT2D eigenvalue weighted by Crippen LogP contribution is -2.13. The third-order valence-electron chi connectivity index (χ3n) is 3.04. The zero-order valence-electron chi connectivity index (χ0n) is 13.5. The maximum atomic E-state index is 12.8. The summed E-state index contributed by atoms with van der Waals surface area (Å²) in [5, 5.41) is 15.5. The van der Waals surface area contributed by atoms with Gasteiger partial charge in [-0.3, -0.25) is 14.9 Å². The van der Waals surface area contributed by atoms with Crippen LogP contribution in [0.2, 0.25) is 0 Å². The highest BCUT2D eigenvalue weighted by molar-refractivity contribution is 8.01. The molecule has 6 nitrogen and oxygen atoms in total. The third-order valence-corrected chi connectivity index (χ3v) is 6.05. The highest BCUT2D eigenvalue weighted by atomic mass is 32.2. The van der Waals surface area contributed by atoms with Crippen molar-refractivity contribution in [2.75, 3.05) is 16.4 Å². The molecule has 0 aliphatic carbocycles. The fraction of sp³-hybridized carbons (Fsp3) is 0.125. The Kier molecular flexibility index (Phi) is 5.96. The van der Waals surface area contributed by atoms with Crippen LogP contribution in [0.4, 0.5) is 15.2 Å². The van der Waals surface area contributed by atoms with Gasteiger partial charge in [0.2, 0.25) is 11.0 Å². The van der Waals surface area contributed by atoms with Gasteiger partial charge in [0, 0.05) is 5.69 Å². The fourth-order valence-electron chi connectivity index (χ4n) is 1.89. The van der Waals surface area contributed by atoms with Crippen LogP contribution in [0.15, 0.2) is 40.1 Å². The molecule has 0 saturated carbocycles. The average Bonchev–Trinajstić information content (AvgIpc) is 3.24. The Morgan fingerprint density at radius 2 is 1.96 bits per heavy atom. The summed E-state index contributed by atoms with van der Waals surface area (Å²) in [4.78, 5) is 24.6. The molecule has 2 heterocycles. The number of amides is 2. The minimum Gasteiger partial charge on any atom is -0.325 e. The lowest BCUT2D eigenvalue weighted by molar-refractivity contribution is -0.113. The smallest absolute Gasteiger partial charge is 0.267 e. The standard InChI is InChI=1S/C16H13FN4O2S3/c1-9-6-12(24-7-9)14(23)19-15-20-21-16(26-15)25-8-13(22)18-11-4-2-10(17)3-5-11/h2-7H,8H2,1H3,(H,18,22)(H,19,20,23). The van der Waals surface area contributed by atoms with E-state index in [1.54, 1.807) is 6.07 Å². The Morgan fingerprint density at radius 3 is 2.65 bits per heavy atom. The van der Waals surface area contributed by atoms with Crippen molar-refractivity contribution < 1.29 is 14.0 Å². The van der Waals surface area contributed by atoms with Crippen molar-refractivity contribution >= 4 is 57.1 Å². The number of rotatable bonds is 6. The molecule has 0 aliphatic heterocycles. The molecule has 0 atom stereocenters. The molecule has 0 aliphatic rings. The number of aromatic nitrogens is 2. The summed E-state index contributed by atoms with van der Waals surface area (Å²) in [5.41, 5.74) is 1.55. The molecule has 134 valence electrons. The summed E-state index contributed by atoms with van der Waals surface area (Å²) < 4.78 is 13.4. The molecule has 3 aromatic rings. The van der Waals surface area contributed by atoms with Crippen molar-refractivity contribution in [2.45, 2.75) is 11.3 Å². The van der Waals surface area contributed by atoms with Gasteiger partial charge in [0.25, 0.3) is 5.91 Å². The minimum absolute atomic E-state index is 0.129. The van der Waals surface area contributed by atoms with Gasteiger partial charge >= 0.3 is 0 Å². The number of carbonyl (C=O) groups is 2. The normalized spacial score (nSPS) is 10.5. The van der Waals surface area contributed by atoms with Crippen LogP contribution in [0.3, 0.4) is 0 Å². The van der Waals surface area contributed by atoms with Crippen LogP contribution in [0.5, 0.6) is 0 Å². The molecule has 3 rings (SSSR count). The van der Waals surface area contributed by atoms with E-state index in [0.717, 1.165) is 5.56 Å². The van der Waals surface area contributed by atoms with E-state index in [1.807, 2.05) is 12.3 Å². The van der Waals surface area contributed by atoms with E-state index >= 15 is 0 Å². The van der Waals surface area contributed by atoms with Gasteiger partial charge in [-0.1, -0.05) is 23.1 Å². The quantitative estimate of drug-likeness (QED) is 0.475. The first-order chi connectivity index (χ1) is 12.5. The van der Waals surface area contributed by atoms with E-state index in [4.69, 9.17) is 0 Å². The first kappa shape index (κ1) is 18.5. The number of anilines is 2. The number of nitrogens with one attached hydrogen (secondary N) is 2. The summed E-state index contributed by atoms with van der Waals surface area (Å²) >= 11 is 3.77. The number of thiophene rings is 1. The number of hydrogen-bond acceptors (Lipinski definition) is 7. The number of nitrogens with zero attached hydrogens (tertiary/aromatic N) is 2. The highest BCUT2D eigenvalue weighted by Crippen LogP contribution is 2.26. The zero-order valence-corrected chi connectivity index (χ0v) is 15.9. The van der Waals surface area contributed by atoms with Crippen LogP contribution in [-0.4, -0.2) is 27.8 Å². The minimum atomic E-state index is -0.362. The molecule has 2 N–H and O–H groups in total. The molecule has 0 radical (unpaired) electrons. The molecule has 10 heteroatoms. The van der Waals surface area contributed by atoms with E-state index in [9.17, 15) is 14.0 Å². The fourth-order valence-corrected chi connectivity index (χ4v) is 4.23. The molecule has 0 fully saturated rings. The van der Waals surface area contributed by atoms with Gasteiger partial charge in [0.1, 0.15) is 5.82 Å². The van der Waals surface area contributed by atoms with Gasteiger partial charge in [-0.05, 0) is 48.2 Å². The lowest BCUT2D eigenvalue weighted by atomic mass is 10.3. The van der Waals surface area contributed by atoms with E-state index in [1.165, 1.54) is 58.7 Å². The Morgan fingerprint density at radius 1 is 1.19 bits per heavy atom. The zero-order chi connectivity index (χ0) is 18.5. The summed E-state index contributed by atoms with van der Waals surface area (Å²) in [6.07, 6.45) is 0. The topological polar surface area (TPSA) is 84.0 Å². The van der Waals surface area contributed by atoms with Gasteiger partial charge < -0.3 is 5.32 Å². The number of halogens is 1. The molecular formula is C16H13FN4O2S3. The van der Waals surface area contributed by atoms with E-state index in [0.29, 0.717) is 20.0 Å². The number of aryl methyl sites for hydroxylation is 1. The molecule has 2 amide bonds. The van der Waals surface area contributed by atoms with Crippen LogP contribution in [-0.2, 0) is 4.79 Å². The van der Waals surface area contributed by atoms with Crippen LogP contribution < -0.4 is 10.6 Å². The average molecular weight is 409 g/mol. The Hall–Kier alpha value is -2.30. The van der Waals surface area contributed by atoms with Gasteiger partial charge in [0.15, 0.2) is 4.34 Å². The Balaban J connectivity index is 1.49. The summed E-state index contributed by atoms with van der Waals surface area (Å²) in [6, 6.07) is 7.33. The van der Waals surface area contributed by atoms with Crippen molar-refractivity contribution in [3.8, 4) is 0 Å². The van der Waals surface area contributed by atoms with Gasteiger partial charge in [-0.2, -0.15) is 0 Å². The van der Waals surface area contributed by atoms with Crippen molar-refractivity contribution in [1.29, 1.82) is 0 Å². The first-order valence-corrected chi connectivity index (χ1v) is 10.1. The largest absolute Gasteiger partial charge is 0.325 e. The van der Waals surface area contributed by atoms with Crippen molar-refractivity contribution in [2.24, 2.45) is 0 Å². The van der Waals surface area contributed by atoms with Gasteiger partial charge in [-0.15, -0.1) is 21.5 Å². The molecular weight excluding hydrogens is 395 g/mol. The monoisotopic (exact) mass is 408 g/mol. The number of carbonyl (C=O) groups excluding carboxylic acids is 2. The number of benzene rings is 1. The number of hydrogen-bond donors (Lipinski definition) is 2. The molecule has 0 saturated heterocycles. The van der Waals surface area contributed by atoms with Crippen molar-refractivity contribution in [3.05, 3.63) is 52.0 Å². The van der Waals surface area contributed by atoms with Gasteiger partial charge in [-0.25, -0.2) is 4.39 Å². The van der Waals surface area contributed by atoms with Crippen LogP contribution in [0.25, 0.3) is 0 Å². The third kappa shape index (κ3) is 5.10. The second kappa shape index (κ2) is 8.39. The Labute approximate surface area is 160 Å². The second-order valence-corrected chi connectivity index (χ2v) is 8.27. The summed E-state index contributed by atoms with van der Waals surface area (Å²) in [6.45, 7) is 1.92. The molecule has 0 spiro atoms.